The molecule has 4 nitrogen and oxygen atoms in total. The van der Waals surface area contributed by atoms with E-state index in [1.54, 1.807) is 13.8 Å². The molecule has 2 atom stereocenters. The van der Waals surface area contributed by atoms with Gasteiger partial charge in [-0.2, -0.15) is 0 Å². The minimum atomic E-state index is -1.09. The van der Waals surface area contributed by atoms with Gasteiger partial charge in [-0.1, -0.05) is 0 Å². The number of aliphatic hydroxyl groups excluding tert-OH is 2. The summed E-state index contributed by atoms with van der Waals surface area (Å²) in [5, 5.41) is 22.6. The molecule has 0 aliphatic heterocycles. The van der Waals surface area contributed by atoms with E-state index in [4.69, 9.17) is 0 Å². The van der Waals surface area contributed by atoms with Crippen molar-refractivity contribution in [3.05, 3.63) is 34.6 Å². The van der Waals surface area contributed by atoms with Crippen molar-refractivity contribution >= 4 is 5.91 Å². The van der Waals surface area contributed by atoms with E-state index in [-0.39, 0.29) is 24.7 Å². The Morgan fingerprint density at radius 1 is 1.32 bits per heavy atom. The Labute approximate surface area is 112 Å². The summed E-state index contributed by atoms with van der Waals surface area (Å²) in [6.45, 7) is 5.05. The lowest BCUT2D eigenvalue weighted by Gasteiger charge is -2.22. The summed E-state index contributed by atoms with van der Waals surface area (Å²) in [4.78, 5) is 10.7. The van der Waals surface area contributed by atoms with Crippen molar-refractivity contribution in [2.75, 3.05) is 6.54 Å². The highest BCUT2D eigenvalue weighted by Gasteiger charge is 2.22. The Hall–Kier alpha value is -1.46. The number of hydrogen-bond donors (Lipinski definition) is 3. The zero-order valence-electron chi connectivity index (χ0n) is 11.4. The third-order valence-corrected chi connectivity index (χ3v) is 3.03. The molecule has 0 heterocycles. The maximum atomic E-state index is 13.2. The molecule has 0 saturated heterocycles. The Morgan fingerprint density at radius 2 is 1.84 bits per heavy atom. The van der Waals surface area contributed by atoms with Gasteiger partial charge in [-0.05, 0) is 49.1 Å². The summed E-state index contributed by atoms with van der Waals surface area (Å²) in [7, 11) is 0. The van der Waals surface area contributed by atoms with E-state index in [1.165, 1.54) is 19.1 Å². The van der Waals surface area contributed by atoms with E-state index in [2.05, 4.69) is 5.32 Å². The highest BCUT2D eigenvalue weighted by atomic mass is 19.1. The summed E-state index contributed by atoms with van der Waals surface area (Å²) < 4.78 is 13.2. The highest BCUT2D eigenvalue weighted by molar-refractivity contribution is 5.72. The van der Waals surface area contributed by atoms with Gasteiger partial charge in [0.15, 0.2) is 0 Å². The topological polar surface area (TPSA) is 69.6 Å². The van der Waals surface area contributed by atoms with Gasteiger partial charge in [0.25, 0.3) is 0 Å². The van der Waals surface area contributed by atoms with Crippen LogP contribution >= 0.6 is 0 Å². The number of carbonyl (C=O) groups is 1. The number of aryl methyl sites for hydroxylation is 2. The van der Waals surface area contributed by atoms with E-state index in [0.717, 1.165) is 0 Å². The SMILES string of the molecule is CC(=O)NCCC(O)C(O)c1c(C)cc(F)cc1C. The summed E-state index contributed by atoms with van der Waals surface area (Å²) >= 11 is 0. The lowest BCUT2D eigenvalue weighted by molar-refractivity contribution is -0.119. The number of benzene rings is 1. The smallest absolute Gasteiger partial charge is 0.216 e. The first-order valence-electron chi connectivity index (χ1n) is 6.20. The van der Waals surface area contributed by atoms with Crippen LogP contribution in [-0.4, -0.2) is 28.8 Å². The number of nitrogens with one attached hydrogen (secondary N) is 1. The summed E-state index contributed by atoms with van der Waals surface area (Å²) in [6.07, 6.45) is -1.86. The minimum absolute atomic E-state index is 0.184. The lowest BCUT2D eigenvalue weighted by Crippen LogP contribution is -2.28. The van der Waals surface area contributed by atoms with Crippen molar-refractivity contribution in [2.45, 2.75) is 39.4 Å². The minimum Gasteiger partial charge on any atom is -0.390 e. The van der Waals surface area contributed by atoms with Crippen LogP contribution in [0.3, 0.4) is 0 Å². The predicted molar refractivity (Wildman–Crippen MR) is 70.1 cm³/mol. The van der Waals surface area contributed by atoms with Crippen molar-refractivity contribution < 1.29 is 19.4 Å². The molecular formula is C14H20FNO3. The van der Waals surface area contributed by atoms with Crippen molar-refractivity contribution in [2.24, 2.45) is 0 Å². The number of carbonyl (C=O) groups excluding carboxylic acids is 1. The first-order chi connectivity index (χ1) is 8.82. The number of halogens is 1. The molecule has 5 heteroatoms. The average molecular weight is 269 g/mol. The Morgan fingerprint density at radius 3 is 2.32 bits per heavy atom. The molecule has 0 aromatic heterocycles. The van der Waals surface area contributed by atoms with Crippen LogP contribution in [0.5, 0.6) is 0 Å². The van der Waals surface area contributed by atoms with Gasteiger partial charge in [-0.25, -0.2) is 4.39 Å². The van der Waals surface area contributed by atoms with Crippen LogP contribution in [0.1, 0.15) is 36.1 Å². The van der Waals surface area contributed by atoms with Gasteiger partial charge >= 0.3 is 0 Å². The zero-order valence-corrected chi connectivity index (χ0v) is 11.4. The molecule has 3 N–H and O–H groups in total. The fraction of sp³-hybridized carbons (Fsp3) is 0.500. The van der Waals surface area contributed by atoms with Gasteiger partial charge in [-0.15, -0.1) is 0 Å². The normalized spacial score (nSPS) is 14.0. The quantitative estimate of drug-likeness (QED) is 0.756. The molecule has 0 radical (unpaired) electrons. The molecule has 0 bridgehead atoms. The fourth-order valence-corrected chi connectivity index (χ4v) is 2.13. The maximum absolute atomic E-state index is 13.2. The molecule has 19 heavy (non-hydrogen) atoms. The molecule has 1 amide bonds. The van der Waals surface area contributed by atoms with Gasteiger partial charge < -0.3 is 15.5 Å². The molecule has 1 aromatic carbocycles. The number of hydrogen-bond acceptors (Lipinski definition) is 3. The van der Waals surface area contributed by atoms with E-state index in [1.807, 2.05) is 0 Å². The van der Waals surface area contributed by atoms with Crippen molar-refractivity contribution in [1.82, 2.24) is 5.32 Å². The van der Waals surface area contributed by atoms with E-state index < -0.39 is 12.2 Å². The Bertz CT molecular complexity index is 439. The number of aliphatic hydroxyl groups is 2. The van der Waals surface area contributed by atoms with Crippen LogP contribution < -0.4 is 5.32 Å². The Balaban J connectivity index is 2.76. The van der Waals surface area contributed by atoms with Crippen LogP contribution in [0, 0.1) is 19.7 Å². The van der Waals surface area contributed by atoms with Crippen LogP contribution in [0.15, 0.2) is 12.1 Å². The van der Waals surface area contributed by atoms with Gasteiger partial charge in [0.2, 0.25) is 5.91 Å². The summed E-state index contributed by atoms with van der Waals surface area (Å²) in [5.74, 6) is -0.547. The van der Waals surface area contributed by atoms with Crippen molar-refractivity contribution in [3.8, 4) is 0 Å². The largest absolute Gasteiger partial charge is 0.390 e. The summed E-state index contributed by atoms with van der Waals surface area (Å²) in [5.41, 5.74) is 1.74. The van der Waals surface area contributed by atoms with Crippen molar-refractivity contribution in [1.29, 1.82) is 0 Å². The summed E-state index contributed by atoms with van der Waals surface area (Å²) in [6, 6.07) is 2.65. The first-order valence-corrected chi connectivity index (χ1v) is 6.20. The fourth-order valence-electron chi connectivity index (χ4n) is 2.13. The molecule has 0 fully saturated rings. The monoisotopic (exact) mass is 269 g/mol. The lowest BCUT2D eigenvalue weighted by atomic mass is 9.93. The second kappa shape index (κ2) is 6.63. The van der Waals surface area contributed by atoms with Gasteiger partial charge in [0.1, 0.15) is 11.9 Å². The van der Waals surface area contributed by atoms with Gasteiger partial charge in [-0.3, -0.25) is 4.79 Å². The first kappa shape index (κ1) is 15.6. The second-order valence-electron chi connectivity index (χ2n) is 4.74. The molecule has 2 unspecified atom stereocenters. The van der Waals surface area contributed by atoms with E-state index in [9.17, 15) is 19.4 Å². The predicted octanol–water partition coefficient (Wildman–Crippen LogP) is 1.36. The molecule has 0 spiro atoms. The third kappa shape index (κ3) is 4.29. The molecule has 1 rings (SSSR count). The number of rotatable bonds is 5. The maximum Gasteiger partial charge on any atom is 0.216 e. The molecule has 106 valence electrons. The van der Waals surface area contributed by atoms with Crippen molar-refractivity contribution in [3.63, 3.8) is 0 Å². The highest BCUT2D eigenvalue weighted by Crippen LogP contribution is 2.26. The molecule has 0 saturated carbocycles. The molecule has 1 aromatic rings. The Kier molecular flexibility index (Phi) is 5.44. The standard InChI is InChI=1S/C14H20FNO3/c1-8-6-11(15)7-9(2)13(8)14(19)12(18)4-5-16-10(3)17/h6-7,12,14,18-19H,4-5H2,1-3H3,(H,16,17). The average Bonchev–Trinajstić information content (AvgIpc) is 2.26. The zero-order chi connectivity index (χ0) is 14.6. The van der Waals surface area contributed by atoms with Gasteiger partial charge in [0, 0.05) is 13.5 Å². The van der Waals surface area contributed by atoms with E-state index in [0.29, 0.717) is 16.7 Å². The second-order valence-corrected chi connectivity index (χ2v) is 4.74. The van der Waals surface area contributed by atoms with Crippen LogP contribution in [-0.2, 0) is 4.79 Å². The third-order valence-electron chi connectivity index (χ3n) is 3.03. The van der Waals surface area contributed by atoms with Gasteiger partial charge in [0.05, 0.1) is 6.10 Å². The van der Waals surface area contributed by atoms with Crippen LogP contribution in [0.25, 0.3) is 0 Å². The molecular weight excluding hydrogens is 249 g/mol. The molecule has 0 aliphatic rings. The number of amides is 1. The van der Waals surface area contributed by atoms with Crippen LogP contribution in [0.4, 0.5) is 4.39 Å². The van der Waals surface area contributed by atoms with Crippen LogP contribution in [0.2, 0.25) is 0 Å². The van der Waals surface area contributed by atoms with E-state index >= 15 is 0 Å². The molecule has 0 aliphatic carbocycles.